The molecule has 2 unspecified atom stereocenters. The van der Waals surface area contributed by atoms with E-state index in [2.05, 4.69) is 4.84 Å². The molecule has 3 aliphatic rings. The van der Waals surface area contributed by atoms with Crippen molar-refractivity contribution >= 4 is 18.0 Å². The quantitative estimate of drug-likeness (QED) is 0.626. The maximum atomic E-state index is 12.2. The lowest BCUT2D eigenvalue weighted by Crippen LogP contribution is -2.49. The molecule has 9 nitrogen and oxygen atoms in total. The zero-order chi connectivity index (χ0) is 14.5. The van der Waals surface area contributed by atoms with Crippen LogP contribution in [0.3, 0.4) is 0 Å². The number of imide groups is 1. The molecule has 2 amide bonds. The third-order valence-electron chi connectivity index (χ3n) is 3.99. The zero-order valence-corrected chi connectivity index (χ0v) is 10.4. The highest BCUT2D eigenvalue weighted by Crippen LogP contribution is 2.49. The summed E-state index contributed by atoms with van der Waals surface area (Å²) in [6.07, 6.45) is -2.23. The Morgan fingerprint density at radius 2 is 1.85 bits per heavy atom. The highest BCUT2D eigenvalue weighted by Gasteiger charge is 2.66. The summed E-state index contributed by atoms with van der Waals surface area (Å²) in [5.41, 5.74) is 0. The summed E-state index contributed by atoms with van der Waals surface area (Å²) in [7, 11) is 0. The summed E-state index contributed by atoms with van der Waals surface area (Å²) in [5.74, 6) is -4.85. The molecule has 0 spiro atoms. The van der Waals surface area contributed by atoms with Crippen LogP contribution in [0.4, 0.5) is 4.79 Å². The van der Waals surface area contributed by atoms with Gasteiger partial charge in [-0.1, -0.05) is 5.06 Å². The first-order chi connectivity index (χ1) is 9.47. The minimum Gasteiger partial charge on any atom is -0.448 e. The van der Waals surface area contributed by atoms with E-state index in [0.717, 1.165) is 0 Å². The van der Waals surface area contributed by atoms with E-state index in [0.29, 0.717) is 26.1 Å². The number of carbonyl (C=O) groups is 3. The van der Waals surface area contributed by atoms with E-state index >= 15 is 0 Å². The molecule has 0 bridgehead atoms. The van der Waals surface area contributed by atoms with E-state index in [1.165, 1.54) is 0 Å². The number of aliphatic hydroxyl groups excluding tert-OH is 1. The predicted molar refractivity (Wildman–Crippen MR) is 57.8 cm³/mol. The molecule has 0 aromatic rings. The maximum Gasteiger partial charge on any atom is 0.531 e. The Balaban J connectivity index is 1.92. The number of nitrogens with zero attached hydrogens (tertiary/aromatic N) is 1. The van der Waals surface area contributed by atoms with Crippen LogP contribution in [0.5, 0.6) is 0 Å². The average molecular weight is 287 g/mol. The minimum absolute atomic E-state index is 0.0623. The molecule has 0 saturated carbocycles. The molecule has 0 radical (unpaired) electrons. The van der Waals surface area contributed by atoms with Gasteiger partial charge in [-0.15, -0.1) is 0 Å². The van der Waals surface area contributed by atoms with Gasteiger partial charge in [0.2, 0.25) is 0 Å². The molecule has 3 heterocycles. The van der Waals surface area contributed by atoms with Crippen LogP contribution in [-0.4, -0.2) is 58.4 Å². The van der Waals surface area contributed by atoms with E-state index in [1.54, 1.807) is 0 Å². The zero-order valence-electron chi connectivity index (χ0n) is 10.4. The van der Waals surface area contributed by atoms with Crippen molar-refractivity contribution in [3.8, 4) is 0 Å². The van der Waals surface area contributed by atoms with E-state index in [4.69, 9.17) is 14.6 Å². The van der Waals surface area contributed by atoms with Gasteiger partial charge < -0.3 is 19.7 Å². The molecule has 3 aliphatic heterocycles. The monoisotopic (exact) mass is 287 g/mol. The largest absolute Gasteiger partial charge is 0.531 e. The smallest absolute Gasteiger partial charge is 0.448 e. The van der Waals surface area contributed by atoms with Gasteiger partial charge in [-0.2, -0.15) is 0 Å². The summed E-state index contributed by atoms with van der Waals surface area (Å²) >= 11 is 0. The SMILES string of the molecule is O=C(O)ON1C(=O)C(O)C(C23OCCC2CCO3)C1=O. The van der Waals surface area contributed by atoms with Gasteiger partial charge in [-0.05, 0) is 12.8 Å². The lowest BCUT2D eigenvalue weighted by molar-refractivity contribution is -0.239. The number of amides is 2. The van der Waals surface area contributed by atoms with Gasteiger partial charge in [0, 0.05) is 5.92 Å². The molecular weight excluding hydrogens is 274 g/mol. The predicted octanol–water partition coefficient (Wildman–Crippen LogP) is -0.905. The van der Waals surface area contributed by atoms with Crippen molar-refractivity contribution in [3.63, 3.8) is 0 Å². The van der Waals surface area contributed by atoms with Crippen LogP contribution < -0.4 is 0 Å². The summed E-state index contributed by atoms with van der Waals surface area (Å²) in [4.78, 5) is 38.6. The normalized spacial score (nSPS) is 40.2. The molecule has 0 aromatic carbocycles. The van der Waals surface area contributed by atoms with Gasteiger partial charge in [-0.3, -0.25) is 14.4 Å². The van der Waals surface area contributed by atoms with Crippen LogP contribution in [-0.2, 0) is 23.9 Å². The lowest BCUT2D eigenvalue weighted by Gasteiger charge is -2.32. The first-order valence-corrected chi connectivity index (χ1v) is 6.22. The first kappa shape index (κ1) is 13.3. The van der Waals surface area contributed by atoms with E-state index in [1.807, 2.05) is 0 Å². The molecule has 20 heavy (non-hydrogen) atoms. The molecule has 3 rings (SSSR count). The molecule has 2 atom stereocenters. The van der Waals surface area contributed by atoms with Crippen molar-refractivity contribution < 1.29 is 38.9 Å². The average Bonchev–Trinajstić information content (AvgIpc) is 2.98. The number of carbonyl (C=O) groups excluding carboxylic acids is 2. The first-order valence-electron chi connectivity index (χ1n) is 6.22. The van der Waals surface area contributed by atoms with Crippen LogP contribution in [0.1, 0.15) is 12.8 Å². The summed E-state index contributed by atoms with van der Waals surface area (Å²) in [5, 5.41) is 18.6. The van der Waals surface area contributed by atoms with Crippen molar-refractivity contribution in [3.05, 3.63) is 0 Å². The van der Waals surface area contributed by atoms with E-state index in [-0.39, 0.29) is 11.0 Å². The van der Waals surface area contributed by atoms with Crippen LogP contribution in [0.15, 0.2) is 0 Å². The Labute approximate surface area is 112 Å². The van der Waals surface area contributed by atoms with Gasteiger partial charge in [-0.25, -0.2) is 4.79 Å². The van der Waals surface area contributed by atoms with Crippen molar-refractivity contribution in [1.82, 2.24) is 5.06 Å². The topological polar surface area (TPSA) is 123 Å². The van der Waals surface area contributed by atoms with Gasteiger partial charge in [0.1, 0.15) is 5.92 Å². The molecule has 9 heteroatoms. The summed E-state index contributed by atoms with van der Waals surface area (Å²) < 4.78 is 11.0. The molecule has 2 N–H and O–H groups in total. The Morgan fingerprint density at radius 1 is 1.25 bits per heavy atom. The minimum atomic E-state index is -1.81. The van der Waals surface area contributed by atoms with Crippen molar-refractivity contribution in [2.75, 3.05) is 13.2 Å². The van der Waals surface area contributed by atoms with Gasteiger partial charge in [0.25, 0.3) is 11.8 Å². The highest BCUT2D eigenvalue weighted by atomic mass is 16.8. The fourth-order valence-corrected chi connectivity index (χ4v) is 3.17. The number of hydroxylamine groups is 2. The van der Waals surface area contributed by atoms with E-state index < -0.39 is 35.8 Å². The third-order valence-corrected chi connectivity index (χ3v) is 3.99. The van der Waals surface area contributed by atoms with Crippen molar-refractivity contribution in [2.45, 2.75) is 24.7 Å². The second kappa shape index (κ2) is 4.40. The Kier molecular flexibility index (Phi) is 2.92. The van der Waals surface area contributed by atoms with E-state index in [9.17, 15) is 19.5 Å². The van der Waals surface area contributed by atoms with Gasteiger partial charge >= 0.3 is 6.16 Å². The highest BCUT2D eigenvalue weighted by molar-refractivity contribution is 6.06. The summed E-state index contributed by atoms with van der Waals surface area (Å²) in [6.45, 7) is 0.713. The van der Waals surface area contributed by atoms with Crippen LogP contribution in [0, 0.1) is 11.8 Å². The molecule has 0 aromatic heterocycles. The van der Waals surface area contributed by atoms with Gasteiger partial charge in [0.05, 0.1) is 13.2 Å². The number of hydrogen-bond donors (Lipinski definition) is 2. The van der Waals surface area contributed by atoms with Crippen LogP contribution >= 0.6 is 0 Å². The number of ether oxygens (including phenoxy) is 2. The Hall–Kier alpha value is -1.71. The molecule has 110 valence electrons. The Morgan fingerprint density at radius 3 is 2.40 bits per heavy atom. The fourth-order valence-electron chi connectivity index (χ4n) is 3.17. The number of aliphatic hydroxyl groups is 1. The third kappa shape index (κ3) is 1.63. The standard InChI is InChI=1S/C11H13NO8/c13-7-6(8(14)12(9(7)15)20-10(16)17)11-5(1-3-18-11)2-4-19-11/h5-7,13H,1-4H2,(H,16,17). The van der Waals surface area contributed by atoms with Crippen molar-refractivity contribution in [2.24, 2.45) is 11.8 Å². The fraction of sp³-hybridized carbons (Fsp3) is 0.727. The second-order valence-corrected chi connectivity index (χ2v) is 4.94. The molecule has 3 fully saturated rings. The van der Waals surface area contributed by atoms with Crippen LogP contribution in [0.2, 0.25) is 0 Å². The number of hydrogen-bond acceptors (Lipinski definition) is 7. The van der Waals surface area contributed by atoms with Crippen LogP contribution in [0.25, 0.3) is 0 Å². The number of fused-ring (bicyclic) bond motifs is 1. The second-order valence-electron chi connectivity index (χ2n) is 4.94. The Bertz CT molecular complexity index is 467. The molecule has 3 saturated heterocycles. The van der Waals surface area contributed by atoms with Gasteiger partial charge in [0.15, 0.2) is 11.9 Å². The number of carboxylic acid groups (broad SMARTS) is 1. The number of rotatable bonds is 2. The molecule has 0 aliphatic carbocycles. The maximum absolute atomic E-state index is 12.2. The summed E-state index contributed by atoms with van der Waals surface area (Å²) in [6, 6.07) is 0. The van der Waals surface area contributed by atoms with Crippen molar-refractivity contribution in [1.29, 1.82) is 0 Å². The lowest BCUT2D eigenvalue weighted by atomic mass is 9.84. The molecular formula is C11H13NO8.